The van der Waals surface area contributed by atoms with Crippen molar-refractivity contribution in [1.29, 1.82) is 0 Å². The molecule has 1 fully saturated rings. The number of hydrogen-bond acceptors (Lipinski definition) is 2. The predicted octanol–water partition coefficient (Wildman–Crippen LogP) is 3.55. The standard InChI is InChI=1S/C16H25NO/c1-15(2,3)13-8-6-12(7-9-13)14(17)16(4)10-5-11-18-16/h6-9,14H,5,10-11,17H2,1-4H3. The molecule has 100 valence electrons. The molecule has 0 bridgehead atoms. The Labute approximate surface area is 111 Å². The van der Waals surface area contributed by atoms with Crippen molar-refractivity contribution in [3.8, 4) is 0 Å². The molecule has 1 aliphatic rings. The van der Waals surface area contributed by atoms with Gasteiger partial charge in [0.25, 0.3) is 0 Å². The first kappa shape index (κ1) is 13.6. The summed E-state index contributed by atoms with van der Waals surface area (Å²) in [4.78, 5) is 0. The van der Waals surface area contributed by atoms with Crippen LogP contribution in [-0.4, -0.2) is 12.2 Å². The highest BCUT2D eigenvalue weighted by molar-refractivity contribution is 5.30. The van der Waals surface area contributed by atoms with Crippen LogP contribution in [0, 0.1) is 0 Å². The van der Waals surface area contributed by atoms with Crippen LogP contribution in [0.4, 0.5) is 0 Å². The first-order valence-electron chi connectivity index (χ1n) is 6.83. The highest BCUT2D eigenvalue weighted by atomic mass is 16.5. The Bertz CT molecular complexity index is 396. The normalized spacial score (nSPS) is 26.3. The van der Waals surface area contributed by atoms with Gasteiger partial charge in [0.15, 0.2) is 0 Å². The average Bonchev–Trinajstić information content (AvgIpc) is 2.75. The molecule has 0 amide bonds. The third-order valence-electron chi connectivity index (χ3n) is 4.04. The van der Waals surface area contributed by atoms with Gasteiger partial charge in [0.05, 0.1) is 11.6 Å². The molecule has 2 nitrogen and oxygen atoms in total. The molecule has 1 aliphatic heterocycles. The van der Waals surface area contributed by atoms with Crippen molar-refractivity contribution in [2.45, 2.75) is 57.6 Å². The molecule has 2 rings (SSSR count). The molecule has 0 aliphatic carbocycles. The van der Waals surface area contributed by atoms with Gasteiger partial charge in [-0.25, -0.2) is 0 Å². The van der Waals surface area contributed by atoms with Crippen LogP contribution >= 0.6 is 0 Å². The smallest absolute Gasteiger partial charge is 0.0847 e. The predicted molar refractivity (Wildman–Crippen MR) is 75.7 cm³/mol. The fraction of sp³-hybridized carbons (Fsp3) is 0.625. The Kier molecular flexibility index (Phi) is 3.52. The molecular formula is C16H25NO. The van der Waals surface area contributed by atoms with Gasteiger partial charge < -0.3 is 10.5 Å². The van der Waals surface area contributed by atoms with Crippen LogP contribution in [-0.2, 0) is 10.2 Å². The Balaban J connectivity index is 2.19. The lowest BCUT2D eigenvalue weighted by Crippen LogP contribution is -2.37. The van der Waals surface area contributed by atoms with Crippen molar-refractivity contribution in [2.75, 3.05) is 6.61 Å². The quantitative estimate of drug-likeness (QED) is 0.867. The second-order valence-electron chi connectivity index (χ2n) is 6.61. The van der Waals surface area contributed by atoms with E-state index in [0.29, 0.717) is 0 Å². The van der Waals surface area contributed by atoms with Gasteiger partial charge in [-0.15, -0.1) is 0 Å². The van der Waals surface area contributed by atoms with Gasteiger partial charge in [0.1, 0.15) is 0 Å². The monoisotopic (exact) mass is 247 g/mol. The largest absolute Gasteiger partial charge is 0.373 e. The minimum atomic E-state index is -0.191. The maximum atomic E-state index is 6.37. The fourth-order valence-corrected chi connectivity index (χ4v) is 2.59. The number of benzene rings is 1. The summed E-state index contributed by atoms with van der Waals surface area (Å²) in [6.07, 6.45) is 2.17. The number of rotatable bonds is 2. The van der Waals surface area contributed by atoms with Crippen molar-refractivity contribution in [1.82, 2.24) is 0 Å². The van der Waals surface area contributed by atoms with E-state index < -0.39 is 0 Å². The SMILES string of the molecule is CC(C)(C)c1ccc(C(N)C2(C)CCCO2)cc1. The van der Waals surface area contributed by atoms with E-state index in [1.165, 1.54) is 11.1 Å². The second kappa shape index (κ2) is 4.67. The van der Waals surface area contributed by atoms with E-state index in [-0.39, 0.29) is 17.1 Å². The highest BCUT2D eigenvalue weighted by Gasteiger charge is 2.37. The summed E-state index contributed by atoms with van der Waals surface area (Å²) < 4.78 is 5.83. The Morgan fingerprint density at radius 1 is 1.22 bits per heavy atom. The molecule has 1 aromatic carbocycles. The molecular weight excluding hydrogens is 222 g/mol. The zero-order chi connectivity index (χ0) is 13.4. The summed E-state index contributed by atoms with van der Waals surface area (Å²) in [5, 5.41) is 0. The van der Waals surface area contributed by atoms with Crippen LogP contribution in [0.2, 0.25) is 0 Å². The fourth-order valence-electron chi connectivity index (χ4n) is 2.59. The summed E-state index contributed by atoms with van der Waals surface area (Å²) in [5.74, 6) is 0. The molecule has 0 saturated carbocycles. The lowest BCUT2D eigenvalue weighted by molar-refractivity contribution is -0.00174. The molecule has 2 heteroatoms. The van der Waals surface area contributed by atoms with Crippen LogP contribution in [0.1, 0.15) is 57.7 Å². The van der Waals surface area contributed by atoms with Crippen molar-refractivity contribution in [3.05, 3.63) is 35.4 Å². The van der Waals surface area contributed by atoms with Crippen LogP contribution < -0.4 is 5.73 Å². The lowest BCUT2D eigenvalue weighted by atomic mass is 9.84. The molecule has 0 spiro atoms. The van der Waals surface area contributed by atoms with E-state index in [4.69, 9.17) is 10.5 Å². The molecule has 2 N–H and O–H groups in total. The average molecular weight is 247 g/mol. The maximum absolute atomic E-state index is 6.37. The number of ether oxygens (including phenoxy) is 1. The van der Waals surface area contributed by atoms with E-state index in [9.17, 15) is 0 Å². The Morgan fingerprint density at radius 3 is 2.28 bits per heavy atom. The molecule has 2 unspecified atom stereocenters. The van der Waals surface area contributed by atoms with Gasteiger partial charge in [-0.3, -0.25) is 0 Å². The summed E-state index contributed by atoms with van der Waals surface area (Å²) in [6.45, 7) is 9.64. The van der Waals surface area contributed by atoms with Gasteiger partial charge in [-0.2, -0.15) is 0 Å². The topological polar surface area (TPSA) is 35.2 Å². The Morgan fingerprint density at radius 2 is 1.83 bits per heavy atom. The van der Waals surface area contributed by atoms with Crippen molar-refractivity contribution in [2.24, 2.45) is 5.73 Å². The third kappa shape index (κ3) is 2.60. The molecule has 0 radical (unpaired) electrons. The van der Waals surface area contributed by atoms with E-state index in [0.717, 1.165) is 19.4 Å². The first-order chi connectivity index (χ1) is 8.33. The van der Waals surface area contributed by atoms with Crippen LogP contribution in [0.5, 0.6) is 0 Å². The molecule has 2 atom stereocenters. The molecule has 18 heavy (non-hydrogen) atoms. The van der Waals surface area contributed by atoms with Gasteiger partial charge in [-0.1, -0.05) is 45.0 Å². The van der Waals surface area contributed by atoms with Crippen molar-refractivity contribution in [3.63, 3.8) is 0 Å². The number of nitrogens with two attached hydrogens (primary N) is 1. The minimum Gasteiger partial charge on any atom is -0.373 e. The second-order valence-corrected chi connectivity index (χ2v) is 6.61. The van der Waals surface area contributed by atoms with Gasteiger partial charge >= 0.3 is 0 Å². The Hall–Kier alpha value is -0.860. The molecule has 1 saturated heterocycles. The lowest BCUT2D eigenvalue weighted by Gasteiger charge is -2.31. The summed E-state index contributed by atoms with van der Waals surface area (Å²) in [7, 11) is 0. The van der Waals surface area contributed by atoms with Crippen LogP contribution in [0.15, 0.2) is 24.3 Å². The molecule has 1 aromatic rings. The summed E-state index contributed by atoms with van der Waals surface area (Å²) in [6, 6.07) is 8.64. The minimum absolute atomic E-state index is 0.0333. The first-order valence-corrected chi connectivity index (χ1v) is 6.83. The van der Waals surface area contributed by atoms with Crippen molar-refractivity contribution >= 4 is 0 Å². The van der Waals surface area contributed by atoms with E-state index in [1.54, 1.807) is 0 Å². The highest BCUT2D eigenvalue weighted by Crippen LogP contribution is 2.36. The molecule has 1 heterocycles. The van der Waals surface area contributed by atoms with Gasteiger partial charge in [-0.05, 0) is 36.3 Å². The van der Waals surface area contributed by atoms with Gasteiger partial charge in [0.2, 0.25) is 0 Å². The van der Waals surface area contributed by atoms with Crippen LogP contribution in [0.25, 0.3) is 0 Å². The zero-order valence-corrected chi connectivity index (χ0v) is 12.0. The van der Waals surface area contributed by atoms with Crippen molar-refractivity contribution < 1.29 is 4.74 Å². The van der Waals surface area contributed by atoms with E-state index >= 15 is 0 Å². The molecule has 0 aromatic heterocycles. The third-order valence-corrected chi connectivity index (χ3v) is 4.04. The van der Waals surface area contributed by atoms with E-state index in [2.05, 4.69) is 52.0 Å². The number of hydrogen-bond donors (Lipinski definition) is 1. The van der Waals surface area contributed by atoms with Crippen LogP contribution in [0.3, 0.4) is 0 Å². The zero-order valence-electron chi connectivity index (χ0n) is 12.0. The summed E-state index contributed by atoms with van der Waals surface area (Å²) >= 11 is 0. The maximum Gasteiger partial charge on any atom is 0.0847 e. The summed E-state index contributed by atoms with van der Waals surface area (Å²) in [5.41, 5.74) is 8.89. The van der Waals surface area contributed by atoms with E-state index in [1.807, 2.05) is 0 Å². The van der Waals surface area contributed by atoms with Gasteiger partial charge in [0, 0.05) is 6.61 Å².